The molecule has 0 saturated heterocycles. The highest BCUT2D eigenvalue weighted by molar-refractivity contribution is 5.41. The first kappa shape index (κ1) is 25.9. The Kier molecular flexibility index (Phi) is 8.82. The van der Waals surface area contributed by atoms with Crippen molar-refractivity contribution >= 4 is 0 Å². The Morgan fingerprint density at radius 1 is 0.833 bits per heavy atom. The van der Waals surface area contributed by atoms with E-state index in [1.807, 2.05) is 27.7 Å². The molecule has 2 nitrogen and oxygen atoms in total. The molecule has 0 aliphatic carbocycles. The second-order valence-corrected chi connectivity index (χ2v) is 8.92. The van der Waals surface area contributed by atoms with Crippen molar-refractivity contribution in [3.05, 3.63) is 58.9 Å². The van der Waals surface area contributed by atoms with E-state index in [1.54, 1.807) is 19.2 Å². The largest absolute Gasteiger partial charge is 0.496 e. The molecule has 0 bridgehead atoms. The highest BCUT2D eigenvalue weighted by atomic mass is 19.1. The third kappa shape index (κ3) is 5.93. The lowest BCUT2D eigenvalue weighted by molar-refractivity contribution is 0.325. The van der Waals surface area contributed by atoms with Gasteiger partial charge in [0, 0.05) is 23.3 Å². The Labute approximate surface area is 179 Å². The summed E-state index contributed by atoms with van der Waals surface area (Å²) in [7, 11) is 3.04. The molecule has 0 atom stereocenters. The molecule has 0 fully saturated rings. The molecule has 0 radical (unpaired) electrons. The first-order chi connectivity index (χ1) is 13.8. The summed E-state index contributed by atoms with van der Waals surface area (Å²) in [4.78, 5) is 0. The molecule has 0 aliphatic rings. The summed E-state index contributed by atoms with van der Waals surface area (Å²) in [6.07, 6.45) is 0.951. The van der Waals surface area contributed by atoms with E-state index in [2.05, 4.69) is 20.8 Å². The SMILES string of the molecule is CCC(C)(C)c1cc(F)ccc1OC.COc1cc(F)cc(F)c1C(C)(C)C(C)C. The van der Waals surface area contributed by atoms with E-state index < -0.39 is 17.0 Å². The lowest BCUT2D eigenvalue weighted by Gasteiger charge is -2.31. The number of hydrogen-bond donors (Lipinski definition) is 0. The van der Waals surface area contributed by atoms with E-state index in [0.29, 0.717) is 5.56 Å². The Morgan fingerprint density at radius 2 is 1.40 bits per heavy atom. The second-order valence-electron chi connectivity index (χ2n) is 8.92. The Hall–Kier alpha value is -2.17. The summed E-state index contributed by atoms with van der Waals surface area (Å²) < 4.78 is 50.3. The van der Waals surface area contributed by atoms with Crippen LogP contribution in [-0.4, -0.2) is 14.2 Å². The van der Waals surface area contributed by atoms with E-state index in [9.17, 15) is 13.2 Å². The molecule has 30 heavy (non-hydrogen) atoms. The van der Waals surface area contributed by atoms with Crippen molar-refractivity contribution in [1.29, 1.82) is 0 Å². The molecule has 168 valence electrons. The normalized spacial score (nSPS) is 11.8. The zero-order valence-corrected chi connectivity index (χ0v) is 19.6. The standard InChI is InChI=1S/C13H18F2O.C12H17FO/c1-8(2)13(3,4)12-10(15)6-9(14)7-11(12)16-5;1-5-12(2,3)10-8-9(13)6-7-11(10)14-4/h6-8H,1-5H3;6-8H,5H2,1-4H3. The van der Waals surface area contributed by atoms with Gasteiger partial charge in [-0.25, -0.2) is 13.2 Å². The van der Waals surface area contributed by atoms with Crippen LogP contribution < -0.4 is 9.47 Å². The van der Waals surface area contributed by atoms with Crippen molar-refractivity contribution < 1.29 is 22.6 Å². The third-order valence-corrected chi connectivity index (χ3v) is 6.10. The lowest BCUT2D eigenvalue weighted by Crippen LogP contribution is -2.26. The van der Waals surface area contributed by atoms with Crippen molar-refractivity contribution in [2.24, 2.45) is 5.92 Å². The van der Waals surface area contributed by atoms with Gasteiger partial charge in [-0.3, -0.25) is 0 Å². The molecular weight excluding hydrogens is 389 g/mol. The van der Waals surface area contributed by atoms with Crippen molar-refractivity contribution in [2.75, 3.05) is 14.2 Å². The lowest BCUT2D eigenvalue weighted by atomic mass is 9.74. The predicted molar refractivity (Wildman–Crippen MR) is 117 cm³/mol. The van der Waals surface area contributed by atoms with Crippen molar-refractivity contribution in [2.45, 2.75) is 65.7 Å². The average Bonchev–Trinajstić information content (AvgIpc) is 2.67. The van der Waals surface area contributed by atoms with E-state index in [4.69, 9.17) is 9.47 Å². The van der Waals surface area contributed by atoms with E-state index in [-0.39, 0.29) is 22.9 Å². The van der Waals surface area contributed by atoms with Crippen LogP contribution in [0.4, 0.5) is 13.2 Å². The van der Waals surface area contributed by atoms with Crippen LogP contribution in [0.25, 0.3) is 0 Å². The summed E-state index contributed by atoms with van der Waals surface area (Å²) in [5.41, 5.74) is 0.922. The fourth-order valence-corrected chi connectivity index (χ4v) is 3.02. The van der Waals surface area contributed by atoms with Crippen molar-refractivity contribution in [1.82, 2.24) is 0 Å². The van der Waals surface area contributed by atoms with Gasteiger partial charge in [0.05, 0.1) is 14.2 Å². The molecule has 0 aliphatic heterocycles. The van der Waals surface area contributed by atoms with Crippen LogP contribution in [0.3, 0.4) is 0 Å². The van der Waals surface area contributed by atoms with Gasteiger partial charge < -0.3 is 9.47 Å². The minimum absolute atomic E-state index is 0.0482. The van der Waals surface area contributed by atoms with Crippen LogP contribution in [0, 0.1) is 23.4 Å². The summed E-state index contributed by atoms with van der Waals surface area (Å²) in [6.45, 7) is 14.1. The van der Waals surface area contributed by atoms with Crippen molar-refractivity contribution in [3.8, 4) is 11.5 Å². The summed E-state index contributed by atoms with van der Waals surface area (Å²) in [5, 5.41) is 0. The van der Waals surface area contributed by atoms with Gasteiger partial charge in [0.1, 0.15) is 29.0 Å². The quantitative estimate of drug-likeness (QED) is 0.480. The van der Waals surface area contributed by atoms with E-state index in [0.717, 1.165) is 23.8 Å². The van der Waals surface area contributed by atoms with E-state index in [1.165, 1.54) is 19.2 Å². The Morgan fingerprint density at radius 3 is 1.87 bits per heavy atom. The first-order valence-corrected chi connectivity index (χ1v) is 10.2. The molecular formula is C25H35F3O2. The Bertz CT molecular complexity index is 843. The average molecular weight is 425 g/mol. The fraction of sp³-hybridized carbons (Fsp3) is 0.520. The highest BCUT2D eigenvalue weighted by Gasteiger charge is 2.31. The monoisotopic (exact) mass is 424 g/mol. The fourth-order valence-electron chi connectivity index (χ4n) is 3.02. The maximum atomic E-state index is 13.8. The highest BCUT2D eigenvalue weighted by Crippen LogP contribution is 2.39. The molecule has 0 heterocycles. The maximum Gasteiger partial charge on any atom is 0.133 e. The van der Waals surface area contributed by atoms with Gasteiger partial charge in [-0.2, -0.15) is 0 Å². The number of halogens is 3. The summed E-state index contributed by atoms with van der Waals surface area (Å²) in [6, 6.07) is 6.79. The third-order valence-electron chi connectivity index (χ3n) is 6.10. The van der Waals surface area contributed by atoms with Crippen LogP contribution in [-0.2, 0) is 10.8 Å². The van der Waals surface area contributed by atoms with Crippen LogP contribution in [0.2, 0.25) is 0 Å². The van der Waals surface area contributed by atoms with Gasteiger partial charge in [0.2, 0.25) is 0 Å². The van der Waals surface area contributed by atoms with E-state index >= 15 is 0 Å². The van der Waals surface area contributed by atoms with Gasteiger partial charge in [-0.1, -0.05) is 48.5 Å². The number of benzene rings is 2. The summed E-state index contributed by atoms with van der Waals surface area (Å²) in [5.74, 6) is -0.105. The van der Waals surface area contributed by atoms with Crippen molar-refractivity contribution in [3.63, 3.8) is 0 Å². The minimum Gasteiger partial charge on any atom is -0.496 e. The van der Waals surface area contributed by atoms with Crippen LogP contribution in [0.1, 0.15) is 66.0 Å². The smallest absolute Gasteiger partial charge is 0.133 e. The molecule has 0 spiro atoms. The topological polar surface area (TPSA) is 18.5 Å². The van der Waals surface area contributed by atoms with Gasteiger partial charge in [-0.05, 0) is 41.4 Å². The second kappa shape index (κ2) is 10.2. The molecule has 2 aromatic rings. The minimum atomic E-state index is -0.613. The van der Waals surface area contributed by atoms with Gasteiger partial charge >= 0.3 is 0 Å². The molecule has 2 aromatic carbocycles. The van der Waals surface area contributed by atoms with Gasteiger partial charge in [-0.15, -0.1) is 0 Å². The number of ether oxygens (including phenoxy) is 2. The number of methoxy groups -OCH3 is 2. The molecule has 0 unspecified atom stereocenters. The summed E-state index contributed by atoms with van der Waals surface area (Å²) >= 11 is 0. The number of hydrogen-bond acceptors (Lipinski definition) is 2. The molecule has 0 aromatic heterocycles. The zero-order chi connectivity index (χ0) is 23.3. The molecule has 0 amide bonds. The van der Waals surface area contributed by atoms with Crippen LogP contribution in [0.15, 0.2) is 30.3 Å². The molecule has 0 N–H and O–H groups in total. The molecule has 2 rings (SSSR count). The first-order valence-electron chi connectivity index (χ1n) is 10.2. The van der Waals surface area contributed by atoms with Crippen LogP contribution >= 0.6 is 0 Å². The van der Waals surface area contributed by atoms with Gasteiger partial charge in [0.25, 0.3) is 0 Å². The number of rotatable bonds is 6. The predicted octanol–water partition coefficient (Wildman–Crippen LogP) is 7.43. The zero-order valence-electron chi connectivity index (χ0n) is 19.6. The van der Waals surface area contributed by atoms with Gasteiger partial charge in [0.15, 0.2) is 0 Å². The van der Waals surface area contributed by atoms with Crippen LogP contribution in [0.5, 0.6) is 11.5 Å². The molecule has 5 heteroatoms. The molecule has 0 saturated carbocycles. The Balaban J connectivity index is 0.000000303. The maximum absolute atomic E-state index is 13.8.